The maximum Gasteiger partial charge on any atom is 0.0441 e. The van der Waals surface area contributed by atoms with E-state index < -0.39 is 0 Å². The van der Waals surface area contributed by atoms with Gasteiger partial charge in [0.15, 0.2) is 0 Å². The van der Waals surface area contributed by atoms with Crippen LogP contribution in [0.3, 0.4) is 0 Å². The molecule has 0 nitrogen and oxygen atoms in total. The van der Waals surface area contributed by atoms with Crippen molar-refractivity contribution in [1.29, 1.82) is 0 Å². The minimum absolute atomic E-state index is 0.613. The molecular weight excluding hydrogens is 259 g/mol. The monoisotopic (exact) mass is 272 g/mol. The topological polar surface area (TPSA) is 0 Å². The maximum atomic E-state index is 6.22. The van der Waals surface area contributed by atoms with Gasteiger partial charge in [-0.3, -0.25) is 0 Å². The van der Waals surface area contributed by atoms with E-state index in [9.17, 15) is 0 Å². The summed E-state index contributed by atoms with van der Waals surface area (Å²) in [5.74, 6) is 0.613. The van der Waals surface area contributed by atoms with Gasteiger partial charge in [0.05, 0.1) is 0 Å². The van der Waals surface area contributed by atoms with Crippen LogP contribution in [-0.2, 0) is 0 Å². The highest BCUT2D eigenvalue weighted by Gasteiger charge is 2.27. The van der Waals surface area contributed by atoms with Crippen molar-refractivity contribution >= 4 is 27.5 Å². The van der Waals surface area contributed by atoms with E-state index in [1.165, 1.54) is 30.4 Å². The van der Waals surface area contributed by atoms with Crippen molar-refractivity contribution in [2.75, 3.05) is 0 Å². The van der Waals surface area contributed by atoms with Crippen molar-refractivity contribution in [3.63, 3.8) is 0 Å². The lowest BCUT2D eigenvalue weighted by Crippen LogP contribution is -2.05. The second-order valence-corrected chi connectivity index (χ2v) is 5.66. The smallest absolute Gasteiger partial charge is 0.0441 e. The molecule has 2 unspecified atom stereocenters. The van der Waals surface area contributed by atoms with Gasteiger partial charge in [-0.05, 0) is 37.3 Å². The lowest BCUT2D eigenvalue weighted by Gasteiger charge is -2.16. The maximum absolute atomic E-state index is 6.22. The van der Waals surface area contributed by atoms with Crippen LogP contribution < -0.4 is 0 Å². The van der Waals surface area contributed by atoms with Gasteiger partial charge in [-0.15, -0.1) is 0 Å². The summed E-state index contributed by atoms with van der Waals surface area (Å²) in [5.41, 5.74) is 2.63. The fraction of sp³-hybridized carbons (Fsp3) is 0.500. The first-order valence-electron chi connectivity index (χ1n) is 5.08. The van der Waals surface area contributed by atoms with Crippen molar-refractivity contribution in [3.8, 4) is 0 Å². The molecule has 76 valence electrons. The van der Waals surface area contributed by atoms with Crippen LogP contribution in [-0.4, -0.2) is 4.83 Å². The first kappa shape index (κ1) is 10.5. The first-order chi connectivity index (χ1) is 6.68. The van der Waals surface area contributed by atoms with Crippen LogP contribution in [0.5, 0.6) is 0 Å². The first-order valence-corrected chi connectivity index (χ1v) is 6.38. The van der Waals surface area contributed by atoms with Crippen LogP contribution in [0.1, 0.15) is 36.3 Å². The number of hydrogen-bond acceptors (Lipinski definition) is 0. The average Bonchev–Trinajstić information content (AvgIpc) is 2.56. The summed E-state index contributed by atoms with van der Waals surface area (Å²) in [7, 11) is 0. The Labute approximate surface area is 98.8 Å². The predicted octanol–water partition coefficient (Wildman–Crippen LogP) is 4.68. The Kier molecular flexibility index (Phi) is 3.18. The molecule has 2 heteroatoms. The highest BCUT2D eigenvalue weighted by Crippen LogP contribution is 2.41. The van der Waals surface area contributed by atoms with Crippen LogP contribution in [0.15, 0.2) is 18.2 Å². The molecule has 2 rings (SSSR count). The third-order valence-electron chi connectivity index (χ3n) is 2.98. The summed E-state index contributed by atoms with van der Waals surface area (Å²) in [5, 5.41) is 0.923. The molecule has 1 fully saturated rings. The normalized spacial score (nSPS) is 26.8. The third kappa shape index (κ3) is 1.99. The quantitative estimate of drug-likeness (QED) is 0.652. The molecule has 0 radical (unpaired) electrons. The second kappa shape index (κ2) is 4.24. The van der Waals surface area contributed by atoms with E-state index in [2.05, 4.69) is 35.0 Å². The highest BCUT2D eigenvalue weighted by molar-refractivity contribution is 9.09. The van der Waals surface area contributed by atoms with E-state index in [0.717, 1.165) is 5.02 Å². The van der Waals surface area contributed by atoms with Gasteiger partial charge in [0.2, 0.25) is 0 Å². The molecule has 0 saturated heterocycles. The van der Waals surface area contributed by atoms with Gasteiger partial charge >= 0.3 is 0 Å². The zero-order chi connectivity index (χ0) is 10.1. The standard InChI is InChI=1S/C12H14BrCl/c1-8-5-6-12(14)10(7-8)9-3-2-4-11(9)13/h5-7,9,11H,2-4H2,1H3. The van der Waals surface area contributed by atoms with Crippen LogP contribution in [0, 0.1) is 6.92 Å². The van der Waals surface area contributed by atoms with Crippen LogP contribution in [0.2, 0.25) is 5.02 Å². The molecule has 2 atom stereocenters. The molecule has 1 saturated carbocycles. The van der Waals surface area contributed by atoms with E-state index in [1.807, 2.05) is 6.07 Å². The van der Waals surface area contributed by atoms with Crippen molar-refractivity contribution in [2.45, 2.75) is 36.9 Å². The number of rotatable bonds is 1. The number of alkyl halides is 1. The van der Waals surface area contributed by atoms with E-state index in [4.69, 9.17) is 11.6 Å². The largest absolute Gasteiger partial charge is 0.0884 e. The number of aryl methyl sites for hydroxylation is 1. The molecule has 0 spiro atoms. The van der Waals surface area contributed by atoms with Crippen LogP contribution in [0.25, 0.3) is 0 Å². The van der Waals surface area contributed by atoms with E-state index in [0.29, 0.717) is 10.7 Å². The SMILES string of the molecule is Cc1ccc(Cl)c(C2CCCC2Br)c1. The molecular formula is C12H14BrCl. The van der Waals surface area contributed by atoms with Crippen molar-refractivity contribution in [1.82, 2.24) is 0 Å². The summed E-state index contributed by atoms with van der Waals surface area (Å²) in [4.78, 5) is 0.613. The third-order valence-corrected chi connectivity index (χ3v) is 4.42. The lowest BCUT2D eigenvalue weighted by molar-refractivity contribution is 0.742. The zero-order valence-corrected chi connectivity index (χ0v) is 10.6. The van der Waals surface area contributed by atoms with Crippen molar-refractivity contribution in [2.24, 2.45) is 0 Å². The van der Waals surface area contributed by atoms with Crippen molar-refractivity contribution < 1.29 is 0 Å². The summed E-state index contributed by atoms with van der Waals surface area (Å²) in [6.07, 6.45) is 3.85. The van der Waals surface area contributed by atoms with Gasteiger partial charge in [-0.25, -0.2) is 0 Å². The predicted molar refractivity (Wildman–Crippen MR) is 65.5 cm³/mol. The zero-order valence-electron chi connectivity index (χ0n) is 8.26. The molecule has 1 aliphatic carbocycles. The Balaban J connectivity index is 2.34. The number of halogens is 2. The highest BCUT2D eigenvalue weighted by atomic mass is 79.9. The Bertz CT molecular complexity index is 335. The van der Waals surface area contributed by atoms with Crippen LogP contribution >= 0.6 is 27.5 Å². The minimum atomic E-state index is 0.613. The van der Waals surface area contributed by atoms with E-state index in [1.54, 1.807) is 0 Å². The fourth-order valence-electron chi connectivity index (χ4n) is 2.21. The molecule has 0 bridgehead atoms. The second-order valence-electron chi connectivity index (χ2n) is 4.08. The van der Waals surface area contributed by atoms with Gasteiger partial charge in [0.1, 0.15) is 0 Å². The molecule has 1 aliphatic rings. The molecule has 0 amide bonds. The molecule has 14 heavy (non-hydrogen) atoms. The summed E-state index contributed by atoms with van der Waals surface area (Å²) in [6.45, 7) is 2.12. The molecule has 1 aromatic carbocycles. The van der Waals surface area contributed by atoms with Gasteiger partial charge in [0, 0.05) is 9.85 Å². The van der Waals surface area contributed by atoms with Gasteiger partial charge in [-0.2, -0.15) is 0 Å². The lowest BCUT2D eigenvalue weighted by atomic mass is 9.96. The Morgan fingerprint density at radius 2 is 2.14 bits per heavy atom. The minimum Gasteiger partial charge on any atom is -0.0884 e. The average molecular weight is 274 g/mol. The Morgan fingerprint density at radius 3 is 2.79 bits per heavy atom. The molecule has 0 heterocycles. The van der Waals surface area contributed by atoms with Gasteiger partial charge in [-0.1, -0.05) is 51.6 Å². The summed E-state index contributed by atoms with van der Waals surface area (Å²) >= 11 is 9.96. The molecule has 1 aromatic rings. The van der Waals surface area contributed by atoms with Crippen molar-refractivity contribution in [3.05, 3.63) is 34.3 Å². The van der Waals surface area contributed by atoms with Crippen LogP contribution in [0.4, 0.5) is 0 Å². The molecule has 0 aliphatic heterocycles. The fourth-order valence-corrected chi connectivity index (χ4v) is 3.34. The number of benzene rings is 1. The van der Waals surface area contributed by atoms with Gasteiger partial charge < -0.3 is 0 Å². The summed E-state index contributed by atoms with van der Waals surface area (Å²) < 4.78 is 0. The van der Waals surface area contributed by atoms with E-state index >= 15 is 0 Å². The Hall–Kier alpha value is -0.0100. The van der Waals surface area contributed by atoms with Gasteiger partial charge in [0.25, 0.3) is 0 Å². The molecule has 0 N–H and O–H groups in total. The summed E-state index contributed by atoms with van der Waals surface area (Å²) in [6, 6.07) is 6.32. The number of hydrogen-bond donors (Lipinski definition) is 0. The van der Waals surface area contributed by atoms with E-state index in [-0.39, 0.29) is 0 Å². The molecule has 0 aromatic heterocycles. The Morgan fingerprint density at radius 1 is 1.36 bits per heavy atom.